The molecule has 0 fully saturated rings. The summed E-state index contributed by atoms with van der Waals surface area (Å²) in [5, 5.41) is -6.29. The number of aromatic nitrogens is 2. The summed E-state index contributed by atoms with van der Waals surface area (Å²) in [6, 6.07) is -0.396. The fraction of sp³-hybridized carbons (Fsp3) is 0.545. The van der Waals surface area contributed by atoms with E-state index in [9.17, 15) is 116 Å². The second-order valence-corrected chi connectivity index (χ2v) is 10.2. The molecule has 0 aliphatic carbocycles. The molecule has 0 saturated heterocycles. The summed E-state index contributed by atoms with van der Waals surface area (Å²) in [4.78, 5) is 49.9. The molecule has 0 atom stereocenters. The highest BCUT2D eigenvalue weighted by Gasteiger charge is 2.88. The number of hydrogen-bond donors (Lipinski definition) is 0. The minimum Gasteiger partial charge on any atom is -0.269 e. The van der Waals surface area contributed by atoms with Crippen LogP contribution in [0, 0.1) is 0 Å². The average molecular weight is 780 g/mol. The Morgan fingerprint density at radius 1 is 0.340 bits per heavy atom. The number of fused-ring (bicyclic) bond motifs is 2. The molecule has 0 saturated carbocycles. The lowest BCUT2D eigenvalue weighted by atomic mass is 9.98. The molecule has 282 valence electrons. The van der Waals surface area contributed by atoms with Crippen LogP contribution < -0.4 is 22.2 Å². The molecule has 1 aromatic carbocycles. The summed E-state index contributed by atoms with van der Waals surface area (Å²) in [6.07, 6.45) is -15.2. The summed E-state index contributed by atoms with van der Waals surface area (Å²) in [6.45, 7) is -6.88. The van der Waals surface area contributed by atoms with E-state index in [1.54, 1.807) is 0 Å². The van der Waals surface area contributed by atoms with Crippen molar-refractivity contribution in [3.05, 3.63) is 53.5 Å². The number of hydrogen-bond acceptors (Lipinski definition) is 4. The second-order valence-electron chi connectivity index (χ2n) is 10.2. The summed E-state index contributed by atoms with van der Waals surface area (Å²) in [5.74, 6) is -61.0. The van der Waals surface area contributed by atoms with Crippen molar-refractivity contribution in [2.75, 3.05) is 0 Å². The molecule has 6 nitrogen and oxygen atoms in total. The molecular weight excluding hydrogens is 774 g/mol. The van der Waals surface area contributed by atoms with E-state index in [0.717, 1.165) is 0 Å². The van der Waals surface area contributed by atoms with Crippen LogP contribution in [0.15, 0.2) is 31.3 Å². The van der Waals surface area contributed by atoms with Crippen LogP contribution in [0.1, 0.15) is 0 Å². The summed E-state index contributed by atoms with van der Waals surface area (Å²) in [7, 11) is 0. The normalized spacial score (nSPS) is 15.5. The molecule has 28 heteroatoms. The fourth-order valence-corrected chi connectivity index (χ4v) is 4.17. The van der Waals surface area contributed by atoms with Gasteiger partial charge in [-0.1, -0.05) is 0 Å². The Balaban J connectivity index is 2.17. The molecule has 0 amide bonds. The van der Waals surface area contributed by atoms with Gasteiger partial charge in [0, 0.05) is 0 Å². The van der Waals surface area contributed by atoms with E-state index in [2.05, 4.69) is 0 Å². The molecule has 3 aromatic rings. The first-order valence-electron chi connectivity index (χ1n) is 11.9. The standard InChI is InChI=1S/C22H6F22N2O4/c23-13(24,15(27,28)17(31,32)19(35,36)21(39,40)41)3-45-9(47)5-1-6-8(2-7(5)11(45)49)12(50)46(10(6)48)4-14(25,26)16(29,30)18(33,34)20(37,38)22(42,43)44/h1-2H,3-4H2. The number of benzene rings is 1. The predicted octanol–water partition coefficient (Wildman–Crippen LogP) is 6.12. The number of rotatable bonds is 10. The van der Waals surface area contributed by atoms with Crippen molar-refractivity contribution < 1.29 is 96.6 Å². The van der Waals surface area contributed by atoms with Gasteiger partial charge < -0.3 is 0 Å². The van der Waals surface area contributed by atoms with Gasteiger partial charge in [-0.05, 0) is 12.1 Å². The average Bonchev–Trinajstić information content (AvgIpc) is 3.29. The van der Waals surface area contributed by atoms with Gasteiger partial charge in [-0.2, -0.15) is 96.6 Å². The molecule has 2 heterocycles. The molecule has 0 aliphatic heterocycles. The Morgan fingerprint density at radius 3 is 0.720 bits per heavy atom. The zero-order chi connectivity index (χ0) is 39.6. The van der Waals surface area contributed by atoms with Crippen molar-refractivity contribution in [2.45, 2.75) is 72.8 Å². The lowest BCUT2D eigenvalue weighted by molar-refractivity contribution is -0.423. The molecule has 50 heavy (non-hydrogen) atoms. The molecule has 2 aromatic heterocycles. The number of halogens is 22. The van der Waals surface area contributed by atoms with Crippen LogP contribution in [-0.2, 0) is 13.1 Å². The van der Waals surface area contributed by atoms with E-state index in [-0.39, 0.29) is 12.1 Å². The van der Waals surface area contributed by atoms with E-state index in [1.807, 2.05) is 0 Å². The molecule has 0 bridgehead atoms. The maximum atomic E-state index is 14.2. The van der Waals surface area contributed by atoms with Gasteiger partial charge in [-0.3, -0.25) is 28.3 Å². The third-order valence-electron chi connectivity index (χ3n) is 6.98. The minimum absolute atomic E-state index is 0.198. The summed E-state index contributed by atoms with van der Waals surface area (Å²) in [5.41, 5.74) is -9.73. The predicted molar refractivity (Wildman–Crippen MR) is 117 cm³/mol. The Bertz CT molecular complexity index is 1820. The van der Waals surface area contributed by atoms with E-state index in [0.29, 0.717) is 0 Å². The SMILES string of the molecule is O=c1c2cc3c(=O)n(CC(F)(F)C(F)(F)C(F)(F)C(F)(F)C(F)(F)F)c(=O)c3cc2c(=O)n1CC(F)(F)C(F)(F)C(F)(F)C(F)(F)C(F)(F)F. The van der Waals surface area contributed by atoms with E-state index < -0.39 is 126 Å². The summed E-state index contributed by atoms with van der Waals surface area (Å²) < 4.78 is 290. The topological polar surface area (TPSA) is 78.1 Å². The van der Waals surface area contributed by atoms with Crippen LogP contribution in [0.3, 0.4) is 0 Å². The molecule has 0 N–H and O–H groups in total. The maximum Gasteiger partial charge on any atom is 0.460 e. The van der Waals surface area contributed by atoms with E-state index in [1.165, 1.54) is 0 Å². The van der Waals surface area contributed by atoms with Crippen LogP contribution >= 0.6 is 0 Å². The largest absolute Gasteiger partial charge is 0.460 e. The Kier molecular flexibility index (Phi) is 8.67. The van der Waals surface area contributed by atoms with Gasteiger partial charge in [0.15, 0.2) is 0 Å². The van der Waals surface area contributed by atoms with Crippen molar-refractivity contribution in [1.82, 2.24) is 9.13 Å². The lowest BCUT2D eigenvalue weighted by Gasteiger charge is -2.37. The molecular formula is C22H6F22N2O4. The van der Waals surface area contributed by atoms with Crippen molar-refractivity contribution in [2.24, 2.45) is 0 Å². The van der Waals surface area contributed by atoms with Gasteiger partial charge in [0.2, 0.25) is 0 Å². The first-order valence-corrected chi connectivity index (χ1v) is 11.9. The second kappa shape index (κ2) is 10.7. The monoisotopic (exact) mass is 780 g/mol. The molecule has 0 unspecified atom stereocenters. The highest BCUT2D eigenvalue weighted by atomic mass is 19.4. The highest BCUT2D eigenvalue weighted by Crippen LogP contribution is 2.59. The van der Waals surface area contributed by atoms with Crippen LogP contribution in [0.5, 0.6) is 0 Å². The third kappa shape index (κ3) is 5.11. The Morgan fingerprint density at radius 2 is 0.540 bits per heavy atom. The lowest BCUT2D eigenvalue weighted by Crippen LogP contribution is -2.67. The molecule has 0 radical (unpaired) electrons. The zero-order valence-electron chi connectivity index (χ0n) is 22.4. The first-order chi connectivity index (χ1) is 21.8. The highest BCUT2D eigenvalue weighted by molar-refractivity contribution is 5.97. The van der Waals surface area contributed by atoms with E-state index >= 15 is 0 Å². The van der Waals surface area contributed by atoms with Gasteiger partial charge in [-0.25, -0.2) is 0 Å². The van der Waals surface area contributed by atoms with Crippen LogP contribution in [0.2, 0.25) is 0 Å². The van der Waals surface area contributed by atoms with Gasteiger partial charge >= 0.3 is 59.7 Å². The number of nitrogens with zero attached hydrogens (tertiary/aromatic N) is 2. The van der Waals surface area contributed by atoms with Gasteiger partial charge in [-0.15, -0.1) is 0 Å². The van der Waals surface area contributed by atoms with Gasteiger partial charge in [0.05, 0.1) is 34.6 Å². The molecule has 3 rings (SSSR count). The Hall–Kier alpha value is -4.04. The zero-order valence-corrected chi connectivity index (χ0v) is 22.4. The van der Waals surface area contributed by atoms with Crippen molar-refractivity contribution in [3.8, 4) is 0 Å². The van der Waals surface area contributed by atoms with Gasteiger partial charge in [0.25, 0.3) is 22.2 Å². The van der Waals surface area contributed by atoms with Crippen molar-refractivity contribution in [1.29, 1.82) is 0 Å². The maximum absolute atomic E-state index is 14.2. The van der Waals surface area contributed by atoms with Crippen molar-refractivity contribution >= 4 is 21.5 Å². The molecule has 0 spiro atoms. The fourth-order valence-electron chi connectivity index (χ4n) is 4.17. The van der Waals surface area contributed by atoms with Crippen LogP contribution in [0.25, 0.3) is 21.5 Å². The first kappa shape index (κ1) is 40.4. The smallest absolute Gasteiger partial charge is 0.269 e. The third-order valence-corrected chi connectivity index (χ3v) is 6.98. The quantitative estimate of drug-likeness (QED) is 0.233. The minimum atomic E-state index is -7.99. The Labute approximate surface area is 254 Å². The number of alkyl halides is 22. The van der Waals surface area contributed by atoms with Crippen molar-refractivity contribution in [3.63, 3.8) is 0 Å². The van der Waals surface area contributed by atoms with Crippen LogP contribution in [-0.4, -0.2) is 68.9 Å². The summed E-state index contributed by atoms with van der Waals surface area (Å²) >= 11 is 0. The van der Waals surface area contributed by atoms with Crippen LogP contribution in [0.4, 0.5) is 96.6 Å². The molecule has 0 aliphatic rings. The van der Waals surface area contributed by atoms with E-state index in [4.69, 9.17) is 0 Å². The van der Waals surface area contributed by atoms with Gasteiger partial charge in [0.1, 0.15) is 0 Å².